The molecule has 6 heteroatoms. The quantitative estimate of drug-likeness (QED) is 0.696. The zero-order valence-corrected chi connectivity index (χ0v) is 14.8. The van der Waals surface area contributed by atoms with Gasteiger partial charge >= 0.3 is 0 Å². The number of rotatable bonds is 5. The Morgan fingerprint density at radius 3 is 2.28 bits per heavy atom. The summed E-state index contributed by atoms with van der Waals surface area (Å²) in [5.41, 5.74) is 0.867. The average molecular weight is 359 g/mol. The molecule has 0 spiro atoms. The third kappa shape index (κ3) is 3.65. The second kappa shape index (κ2) is 6.82. The van der Waals surface area contributed by atoms with Gasteiger partial charge in [0, 0.05) is 13.6 Å². The third-order valence-corrected chi connectivity index (χ3v) is 5.86. The van der Waals surface area contributed by atoms with Crippen LogP contribution in [0.5, 0.6) is 5.75 Å². The molecule has 0 aliphatic heterocycles. The first kappa shape index (κ1) is 17.4. The topological polar surface area (TPSA) is 46.6 Å². The maximum Gasteiger partial charge on any atom is 0.243 e. The summed E-state index contributed by atoms with van der Waals surface area (Å²) in [6, 6.07) is 16.3. The minimum Gasteiger partial charge on any atom is -0.497 e. The summed E-state index contributed by atoms with van der Waals surface area (Å²) in [7, 11) is -0.545. The summed E-state index contributed by atoms with van der Waals surface area (Å²) in [5, 5.41) is 2.03. The monoisotopic (exact) mass is 359 g/mol. The number of hydrogen-bond acceptors (Lipinski definition) is 3. The normalized spacial score (nSPS) is 11.8. The molecule has 3 rings (SSSR count). The third-order valence-electron chi connectivity index (χ3n) is 4.04. The van der Waals surface area contributed by atoms with Gasteiger partial charge in [-0.05, 0) is 58.8 Å². The van der Waals surface area contributed by atoms with Crippen molar-refractivity contribution < 1.29 is 17.5 Å². The van der Waals surface area contributed by atoms with Crippen LogP contribution < -0.4 is 4.74 Å². The molecule has 0 aliphatic rings. The van der Waals surface area contributed by atoms with Crippen LogP contribution in [0, 0.1) is 5.82 Å². The van der Waals surface area contributed by atoms with Gasteiger partial charge in [0.2, 0.25) is 10.0 Å². The number of sulfonamides is 1. The van der Waals surface area contributed by atoms with Crippen molar-refractivity contribution in [2.24, 2.45) is 0 Å². The molecule has 130 valence electrons. The number of ether oxygens (including phenoxy) is 1. The average Bonchev–Trinajstić information content (AvgIpc) is 2.61. The van der Waals surface area contributed by atoms with E-state index in [-0.39, 0.29) is 11.4 Å². The van der Waals surface area contributed by atoms with Crippen LogP contribution in [0.15, 0.2) is 65.6 Å². The van der Waals surface area contributed by atoms with Gasteiger partial charge in [0.05, 0.1) is 12.0 Å². The molecule has 0 aromatic heterocycles. The summed E-state index contributed by atoms with van der Waals surface area (Å²) in [6.45, 7) is 0.224. The lowest BCUT2D eigenvalue weighted by Gasteiger charge is -2.17. The lowest BCUT2D eigenvalue weighted by molar-refractivity contribution is 0.415. The van der Waals surface area contributed by atoms with Crippen molar-refractivity contribution in [3.63, 3.8) is 0 Å². The maximum absolute atomic E-state index is 13.0. The fourth-order valence-corrected chi connectivity index (χ4v) is 3.79. The number of hydrogen-bond donors (Lipinski definition) is 0. The molecule has 3 aromatic rings. The van der Waals surface area contributed by atoms with Crippen LogP contribution in [-0.4, -0.2) is 26.9 Å². The highest BCUT2D eigenvalue weighted by Gasteiger charge is 2.20. The Morgan fingerprint density at radius 1 is 0.960 bits per heavy atom. The molecule has 0 amide bonds. The predicted octanol–water partition coefficient (Wildman–Crippen LogP) is 3.81. The van der Waals surface area contributed by atoms with Gasteiger partial charge in [-0.3, -0.25) is 0 Å². The number of methoxy groups -OCH3 is 1. The highest BCUT2D eigenvalue weighted by molar-refractivity contribution is 7.89. The van der Waals surface area contributed by atoms with Gasteiger partial charge in [0.25, 0.3) is 0 Å². The molecule has 25 heavy (non-hydrogen) atoms. The summed E-state index contributed by atoms with van der Waals surface area (Å²) in [6.07, 6.45) is 0. The van der Waals surface area contributed by atoms with E-state index in [2.05, 4.69) is 0 Å². The van der Waals surface area contributed by atoms with E-state index in [4.69, 9.17) is 4.74 Å². The summed E-state index contributed by atoms with van der Waals surface area (Å²) in [5.74, 6) is 0.308. The molecule has 3 aromatic carbocycles. The fraction of sp³-hybridized carbons (Fsp3) is 0.158. The first-order valence-corrected chi connectivity index (χ1v) is 9.13. The van der Waals surface area contributed by atoms with Crippen LogP contribution in [0.1, 0.15) is 5.56 Å². The van der Waals surface area contributed by atoms with Crippen molar-refractivity contribution in [3.8, 4) is 5.75 Å². The second-order valence-corrected chi connectivity index (χ2v) is 7.81. The van der Waals surface area contributed by atoms with E-state index in [9.17, 15) is 12.8 Å². The molecule has 0 unspecified atom stereocenters. The molecular formula is C19H18FNO3S. The molecule has 0 N–H and O–H groups in total. The Kier molecular flexibility index (Phi) is 4.74. The second-order valence-electron chi connectivity index (χ2n) is 5.76. The van der Waals surface area contributed by atoms with Crippen LogP contribution >= 0.6 is 0 Å². The Balaban J connectivity index is 1.85. The van der Waals surface area contributed by atoms with Gasteiger partial charge in [0.15, 0.2) is 0 Å². The smallest absolute Gasteiger partial charge is 0.243 e. The standard InChI is InChI=1S/C19H18FNO3S/c1-21(25(22,23)19-9-6-17(20)7-10-19)13-14-3-4-16-12-18(24-2)8-5-15(16)11-14/h3-12H,13H2,1-2H3. The summed E-state index contributed by atoms with van der Waals surface area (Å²) >= 11 is 0. The maximum atomic E-state index is 13.0. The molecular weight excluding hydrogens is 341 g/mol. The number of fused-ring (bicyclic) bond motifs is 1. The van der Waals surface area contributed by atoms with Crippen molar-refractivity contribution in [2.45, 2.75) is 11.4 Å². The van der Waals surface area contributed by atoms with Crippen LogP contribution in [0.2, 0.25) is 0 Å². The fourth-order valence-electron chi connectivity index (χ4n) is 2.63. The Bertz CT molecular complexity index is 1000. The summed E-state index contributed by atoms with van der Waals surface area (Å²) < 4.78 is 44.6. The van der Waals surface area contributed by atoms with E-state index in [1.54, 1.807) is 7.11 Å². The van der Waals surface area contributed by atoms with E-state index in [1.807, 2.05) is 36.4 Å². The SMILES string of the molecule is COc1ccc2cc(CN(C)S(=O)(=O)c3ccc(F)cc3)ccc2c1. The largest absolute Gasteiger partial charge is 0.497 e. The number of halogens is 1. The Morgan fingerprint density at radius 2 is 1.60 bits per heavy atom. The van der Waals surface area contributed by atoms with Crippen molar-refractivity contribution in [1.29, 1.82) is 0 Å². The Hall–Kier alpha value is -2.44. The molecule has 0 heterocycles. The molecule has 0 bridgehead atoms. The van der Waals surface area contributed by atoms with Gasteiger partial charge in [-0.15, -0.1) is 0 Å². The van der Waals surface area contributed by atoms with Gasteiger partial charge in [-0.25, -0.2) is 12.8 Å². The Labute approximate surface area is 146 Å². The minimum absolute atomic E-state index is 0.0712. The van der Waals surface area contributed by atoms with E-state index in [0.29, 0.717) is 0 Å². The van der Waals surface area contributed by atoms with Crippen molar-refractivity contribution >= 4 is 20.8 Å². The summed E-state index contributed by atoms with van der Waals surface area (Å²) in [4.78, 5) is 0.0712. The molecule has 0 aliphatic carbocycles. The zero-order chi connectivity index (χ0) is 18.0. The minimum atomic E-state index is -3.67. The van der Waals surface area contributed by atoms with Gasteiger partial charge in [-0.2, -0.15) is 4.31 Å². The first-order chi connectivity index (χ1) is 11.9. The lowest BCUT2D eigenvalue weighted by Crippen LogP contribution is -2.26. The van der Waals surface area contributed by atoms with Crippen molar-refractivity contribution in [1.82, 2.24) is 4.31 Å². The van der Waals surface area contributed by atoms with Crippen molar-refractivity contribution in [2.75, 3.05) is 14.2 Å². The molecule has 0 fully saturated rings. The van der Waals surface area contributed by atoms with E-state index < -0.39 is 15.8 Å². The van der Waals surface area contributed by atoms with Crippen LogP contribution in [0.4, 0.5) is 4.39 Å². The number of nitrogens with zero attached hydrogens (tertiary/aromatic N) is 1. The molecule has 0 saturated heterocycles. The van der Waals surface area contributed by atoms with Crippen molar-refractivity contribution in [3.05, 3.63) is 72.0 Å². The van der Waals surface area contributed by atoms with Crippen LogP contribution in [0.3, 0.4) is 0 Å². The molecule has 0 radical (unpaired) electrons. The van der Waals surface area contributed by atoms with Gasteiger partial charge in [0.1, 0.15) is 11.6 Å². The van der Waals surface area contributed by atoms with Crippen LogP contribution in [0.25, 0.3) is 10.8 Å². The van der Waals surface area contributed by atoms with E-state index in [1.165, 1.54) is 23.5 Å². The highest BCUT2D eigenvalue weighted by Crippen LogP contribution is 2.23. The number of benzene rings is 3. The van der Waals surface area contributed by atoms with Gasteiger partial charge in [-0.1, -0.05) is 18.2 Å². The van der Waals surface area contributed by atoms with E-state index in [0.717, 1.165) is 34.2 Å². The lowest BCUT2D eigenvalue weighted by atomic mass is 10.1. The van der Waals surface area contributed by atoms with Crippen LogP contribution in [-0.2, 0) is 16.6 Å². The van der Waals surface area contributed by atoms with Gasteiger partial charge < -0.3 is 4.74 Å². The predicted molar refractivity (Wildman–Crippen MR) is 95.6 cm³/mol. The zero-order valence-electron chi connectivity index (χ0n) is 13.9. The molecule has 0 atom stereocenters. The first-order valence-electron chi connectivity index (χ1n) is 7.69. The highest BCUT2D eigenvalue weighted by atomic mass is 32.2. The van der Waals surface area contributed by atoms with E-state index >= 15 is 0 Å². The molecule has 4 nitrogen and oxygen atoms in total. The molecule has 0 saturated carbocycles.